The Morgan fingerprint density at radius 3 is 2.75 bits per heavy atom. The Hall–Kier alpha value is -2.30. The number of benzene rings is 1. The van der Waals surface area contributed by atoms with Gasteiger partial charge in [-0.15, -0.1) is 0 Å². The zero-order chi connectivity index (χ0) is 17.5. The molecule has 1 aromatic rings. The van der Waals surface area contributed by atoms with Crippen molar-refractivity contribution in [3.05, 3.63) is 41.6 Å². The Morgan fingerprint density at radius 1 is 1.29 bits per heavy atom. The molecule has 5 nitrogen and oxygen atoms in total. The third kappa shape index (κ3) is 5.41. The molecule has 0 saturated carbocycles. The van der Waals surface area contributed by atoms with Gasteiger partial charge in [0.2, 0.25) is 0 Å². The normalized spacial score (nSPS) is 13.6. The van der Waals surface area contributed by atoms with E-state index in [0.717, 1.165) is 36.3 Å². The molecule has 0 radical (unpaired) electrons. The Labute approximate surface area is 143 Å². The van der Waals surface area contributed by atoms with Crippen LogP contribution in [0.5, 0.6) is 5.75 Å². The van der Waals surface area contributed by atoms with Crippen molar-refractivity contribution in [1.82, 2.24) is 4.90 Å². The molecule has 1 aliphatic rings. The number of allylic oxidation sites excluding steroid dienone is 2. The number of carbonyl (C=O) groups excluding carboxylic acids is 2. The highest BCUT2D eigenvalue weighted by atomic mass is 16.5. The molecular formula is C19H25NO4. The minimum Gasteiger partial charge on any atom is -0.491 e. The Bertz CT molecular complexity index is 622. The van der Waals surface area contributed by atoms with Gasteiger partial charge >= 0.3 is 5.97 Å². The topological polar surface area (TPSA) is 55.8 Å². The van der Waals surface area contributed by atoms with Gasteiger partial charge < -0.3 is 14.4 Å². The van der Waals surface area contributed by atoms with Crippen molar-refractivity contribution < 1.29 is 19.1 Å². The first kappa shape index (κ1) is 18.0. The predicted molar refractivity (Wildman–Crippen MR) is 91.6 cm³/mol. The van der Waals surface area contributed by atoms with Crippen molar-refractivity contribution in [3.8, 4) is 5.75 Å². The molecule has 0 spiro atoms. The van der Waals surface area contributed by atoms with E-state index in [4.69, 9.17) is 9.47 Å². The first-order chi connectivity index (χ1) is 11.5. The van der Waals surface area contributed by atoms with Crippen LogP contribution >= 0.6 is 0 Å². The lowest BCUT2D eigenvalue weighted by Gasteiger charge is -2.18. The zero-order valence-electron chi connectivity index (χ0n) is 14.6. The van der Waals surface area contributed by atoms with Crippen molar-refractivity contribution in [2.75, 3.05) is 13.7 Å². The fourth-order valence-electron chi connectivity index (χ4n) is 2.58. The zero-order valence-corrected chi connectivity index (χ0v) is 14.6. The van der Waals surface area contributed by atoms with Crippen molar-refractivity contribution in [3.63, 3.8) is 0 Å². The second-order valence-corrected chi connectivity index (χ2v) is 6.19. The van der Waals surface area contributed by atoms with E-state index in [9.17, 15) is 9.59 Å². The third-order valence-corrected chi connectivity index (χ3v) is 3.80. The first-order valence-electron chi connectivity index (χ1n) is 8.32. The van der Waals surface area contributed by atoms with E-state index in [1.807, 2.05) is 38.1 Å². The van der Waals surface area contributed by atoms with Crippen LogP contribution in [0, 0.1) is 0 Å². The minimum atomic E-state index is -0.418. The third-order valence-electron chi connectivity index (χ3n) is 3.80. The average molecular weight is 331 g/mol. The lowest BCUT2D eigenvalue weighted by molar-refractivity contribution is -0.150. The Kier molecular flexibility index (Phi) is 6.41. The molecule has 0 aromatic heterocycles. The summed E-state index contributed by atoms with van der Waals surface area (Å²) >= 11 is 0. The fourth-order valence-corrected chi connectivity index (χ4v) is 2.58. The predicted octanol–water partition coefficient (Wildman–Crippen LogP) is 3.09. The number of amides is 1. The van der Waals surface area contributed by atoms with Gasteiger partial charge in [-0.2, -0.15) is 0 Å². The molecule has 0 atom stereocenters. The largest absolute Gasteiger partial charge is 0.491 e. The molecule has 130 valence electrons. The highest BCUT2D eigenvalue weighted by Gasteiger charge is 2.17. The Balaban J connectivity index is 1.81. The van der Waals surface area contributed by atoms with Gasteiger partial charge in [0.1, 0.15) is 5.75 Å². The molecule has 0 fully saturated rings. The fraction of sp³-hybridized carbons (Fsp3) is 0.474. The van der Waals surface area contributed by atoms with E-state index in [2.05, 4.69) is 6.08 Å². The van der Waals surface area contributed by atoms with Gasteiger partial charge in [-0.3, -0.25) is 9.59 Å². The first-order valence-corrected chi connectivity index (χ1v) is 8.32. The monoisotopic (exact) mass is 331 g/mol. The van der Waals surface area contributed by atoms with E-state index < -0.39 is 5.97 Å². The number of ether oxygens (including phenoxy) is 2. The van der Waals surface area contributed by atoms with E-state index in [-0.39, 0.29) is 25.0 Å². The average Bonchev–Trinajstić information content (AvgIpc) is 3.06. The highest BCUT2D eigenvalue weighted by Crippen LogP contribution is 2.20. The summed E-state index contributed by atoms with van der Waals surface area (Å²) in [6.45, 7) is 3.67. The molecule has 1 amide bonds. The molecule has 0 heterocycles. The number of likely N-dealkylation sites (N-methyl/N-ethyl adjacent to an activating group) is 1. The van der Waals surface area contributed by atoms with Crippen LogP contribution in [0.2, 0.25) is 0 Å². The van der Waals surface area contributed by atoms with Crippen LogP contribution in [0.4, 0.5) is 0 Å². The molecule has 0 unspecified atom stereocenters. The van der Waals surface area contributed by atoms with E-state index in [0.29, 0.717) is 0 Å². The summed E-state index contributed by atoms with van der Waals surface area (Å²) in [5.41, 5.74) is 1.81. The van der Waals surface area contributed by atoms with Crippen LogP contribution in [0.3, 0.4) is 0 Å². The summed E-state index contributed by atoms with van der Waals surface area (Å²) in [6, 6.07) is 7.35. The lowest BCUT2D eigenvalue weighted by atomic mass is 10.1. The second kappa shape index (κ2) is 8.52. The summed E-state index contributed by atoms with van der Waals surface area (Å²) in [5, 5.41) is 0. The van der Waals surface area contributed by atoms with Gasteiger partial charge in [0.15, 0.2) is 6.61 Å². The Morgan fingerprint density at radius 2 is 2.08 bits per heavy atom. The van der Waals surface area contributed by atoms with Crippen LogP contribution in [0.15, 0.2) is 36.0 Å². The summed E-state index contributed by atoms with van der Waals surface area (Å²) in [4.78, 5) is 25.6. The smallest absolute Gasteiger partial charge is 0.310 e. The number of carbonyl (C=O) groups is 2. The van der Waals surface area contributed by atoms with E-state index in [1.54, 1.807) is 11.9 Å². The molecule has 0 N–H and O–H groups in total. The molecule has 0 bridgehead atoms. The van der Waals surface area contributed by atoms with Crippen molar-refractivity contribution >= 4 is 11.9 Å². The van der Waals surface area contributed by atoms with Crippen molar-refractivity contribution in [2.45, 2.75) is 45.6 Å². The van der Waals surface area contributed by atoms with Crippen molar-refractivity contribution in [1.29, 1.82) is 0 Å². The maximum absolute atomic E-state index is 12.1. The molecular weight excluding hydrogens is 306 g/mol. The van der Waals surface area contributed by atoms with E-state index in [1.165, 1.54) is 0 Å². The van der Waals surface area contributed by atoms with Gasteiger partial charge in [0, 0.05) is 12.7 Å². The quantitative estimate of drug-likeness (QED) is 0.721. The summed E-state index contributed by atoms with van der Waals surface area (Å²) in [6.07, 6.45) is 5.22. The minimum absolute atomic E-state index is 0.0743. The van der Waals surface area contributed by atoms with Crippen molar-refractivity contribution in [2.24, 2.45) is 0 Å². The molecule has 5 heteroatoms. The number of hydrogen-bond acceptors (Lipinski definition) is 4. The van der Waals surface area contributed by atoms with Crippen LogP contribution in [0.25, 0.3) is 0 Å². The van der Waals surface area contributed by atoms with Gasteiger partial charge in [-0.25, -0.2) is 0 Å². The summed E-state index contributed by atoms with van der Waals surface area (Å²) in [5.74, 6) is 0.103. The maximum atomic E-state index is 12.1. The molecule has 0 aliphatic heterocycles. The van der Waals surface area contributed by atoms with Crippen LogP contribution in [-0.4, -0.2) is 36.5 Å². The second-order valence-electron chi connectivity index (χ2n) is 6.19. The van der Waals surface area contributed by atoms with Gasteiger partial charge in [0.25, 0.3) is 5.91 Å². The SMILES string of the molecule is CC(C)Oc1cccc(CC(=O)OCC(=O)N(C)C2=CCCC2)c1. The van der Waals surface area contributed by atoms with Crippen LogP contribution in [-0.2, 0) is 20.7 Å². The molecule has 0 saturated heterocycles. The number of hydrogen-bond donors (Lipinski definition) is 0. The van der Waals surface area contributed by atoms with Gasteiger partial charge in [-0.1, -0.05) is 18.2 Å². The number of rotatable bonds is 7. The summed E-state index contributed by atoms with van der Waals surface area (Å²) < 4.78 is 10.7. The maximum Gasteiger partial charge on any atom is 0.310 e. The highest BCUT2D eigenvalue weighted by molar-refractivity contribution is 5.82. The van der Waals surface area contributed by atoms with Gasteiger partial charge in [-0.05, 0) is 50.8 Å². The number of nitrogens with zero attached hydrogens (tertiary/aromatic N) is 1. The number of esters is 1. The molecule has 1 aromatic carbocycles. The molecule has 24 heavy (non-hydrogen) atoms. The van der Waals surface area contributed by atoms with E-state index >= 15 is 0 Å². The van der Waals surface area contributed by atoms with Crippen LogP contribution < -0.4 is 4.74 Å². The van der Waals surface area contributed by atoms with Gasteiger partial charge in [0.05, 0.1) is 12.5 Å². The standard InChI is InChI=1S/C19H25NO4/c1-14(2)24-17-10-6-7-15(11-17)12-19(22)23-13-18(21)20(3)16-8-4-5-9-16/h6-8,10-11,14H,4-5,9,12-13H2,1-3H3. The lowest BCUT2D eigenvalue weighted by Crippen LogP contribution is -2.30. The molecule has 1 aliphatic carbocycles. The van der Waals surface area contributed by atoms with Crippen LogP contribution in [0.1, 0.15) is 38.7 Å². The summed E-state index contributed by atoms with van der Waals surface area (Å²) in [7, 11) is 1.72. The molecule has 2 rings (SSSR count).